The van der Waals surface area contributed by atoms with E-state index in [9.17, 15) is 4.79 Å². The minimum Gasteiger partial charge on any atom is -0.308 e. The van der Waals surface area contributed by atoms with Gasteiger partial charge in [0.15, 0.2) is 0 Å². The lowest BCUT2D eigenvalue weighted by molar-refractivity contribution is 0.601. The van der Waals surface area contributed by atoms with Gasteiger partial charge < -0.3 is 10.3 Å². The number of nitrogens with zero attached hydrogens (tertiary/aromatic N) is 2. The Morgan fingerprint density at radius 3 is 2.85 bits per heavy atom. The van der Waals surface area contributed by atoms with E-state index in [1.807, 2.05) is 19.1 Å². The zero-order chi connectivity index (χ0) is 18.4. The fraction of sp³-hybridized carbons (Fsp3) is 0.250. The van der Waals surface area contributed by atoms with Crippen LogP contribution >= 0.6 is 11.3 Å². The van der Waals surface area contributed by atoms with Crippen molar-refractivity contribution in [2.75, 3.05) is 6.54 Å². The van der Waals surface area contributed by atoms with Gasteiger partial charge in [-0.1, -0.05) is 30.3 Å². The van der Waals surface area contributed by atoms with E-state index in [-0.39, 0.29) is 11.6 Å². The zero-order valence-electron chi connectivity index (χ0n) is 14.8. The number of rotatable bonds is 3. The molecule has 0 aliphatic carbocycles. The molecule has 3 aromatic heterocycles. The van der Waals surface area contributed by atoms with Crippen LogP contribution in [-0.2, 0) is 0 Å². The molecule has 0 radical (unpaired) electrons. The number of aryl methyl sites for hydroxylation is 1. The quantitative estimate of drug-likeness (QED) is 0.510. The van der Waals surface area contributed by atoms with Gasteiger partial charge in [-0.15, -0.1) is 11.3 Å². The van der Waals surface area contributed by atoms with Gasteiger partial charge in [-0.05, 0) is 30.9 Å². The van der Waals surface area contributed by atoms with Crippen LogP contribution < -0.4 is 10.9 Å². The predicted molar refractivity (Wildman–Crippen MR) is 107 cm³/mol. The van der Waals surface area contributed by atoms with Crippen molar-refractivity contribution in [3.8, 4) is 10.4 Å². The summed E-state index contributed by atoms with van der Waals surface area (Å²) in [6.45, 7) is 2.86. The molecule has 0 saturated carbocycles. The second-order valence-electron chi connectivity index (χ2n) is 6.99. The molecule has 2 atom stereocenters. The summed E-state index contributed by atoms with van der Waals surface area (Å²) >= 11 is 1.46. The van der Waals surface area contributed by atoms with Gasteiger partial charge in [0, 0.05) is 22.7 Å². The Labute approximate surface area is 159 Å². The van der Waals surface area contributed by atoms with E-state index >= 15 is 0 Å². The molecule has 0 bridgehead atoms. The van der Waals surface area contributed by atoms with Crippen LogP contribution in [0.25, 0.3) is 20.7 Å². The van der Waals surface area contributed by atoms with E-state index in [0.29, 0.717) is 10.6 Å². The minimum absolute atomic E-state index is 0.0614. The lowest BCUT2D eigenvalue weighted by atomic mass is 9.96. The first kappa shape index (κ1) is 16.4. The maximum Gasteiger partial charge on any atom is 0.268 e. The molecule has 4 aromatic rings. The summed E-state index contributed by atoms with van der Waals surface area (Å²) in [5.41, 5.74) is 4.00. The van der Waals surface area contributed by atoms with Gasteiger partial charge in [0.2, 0.25) is 0 Å². The number of benzene rings is 1. The molecule has 1 aliphatic rings. The van der Waals surface area contributed by atoms with E-state index in [4.69, 9.17) is 4.98 Å². The summed E-state index contributed by atoms with van der Waals surface area (Å²) in [7, 11) is 0. The molecule has 0 unspecified atom stereocenters. The summed E-state index contributed by atoms with van der Waals surface area (Å²) < 4.78 is 0.659. The summed E-state index contributed by atoms with van der Waals surface area (Å²) in [6, 6.07) is 12.5. The van der Waals surface area contributed by atoms with Crippen molar-refractivity contribution in [3.63, 3.8) is 0 Å². The average Bonchev–Trinajstić information content (AvgIpc) is 3.41. The SMILES string of the molecule is Cc1[nH]ncc1-c1cc2nc([C@@H]3C[C@@H](c4ccccc4)CN3)[nH]c(=O)c2s1. The van der Waals surface area contributed by atoms with Crippen LogP contribution in [-0.4, -0.2) is 26.7 Å². The van der Waals surface area contributed by atoms with E-state index in [1.54, 1.807) is 6.20 Å². The molecule has 1 aliphatic heterocycles. The molecule has 27 heavy (non-hydrogen) atoms. The second-order valence-corrected chi connectivity index (χ2v) is 8.04. The minimum atomic E-state index is -0.0719. The van der Waals surface area contributed by atoms with Gasteiger partial charge in [-0.2, -0.15) is 5.10 Å². The van der Waals surface area contributed by atoms with E-state index in [1.165, 1.54) is 16.9 Å². The van der Waals surface area contributed by atoms with Gasteiger partial charge in [0.1, 0.15) is 10.5 Å². The highest BCUT2D eigenvalue weighted by molar-refractivity contribution is 7.22. The van der Waals surface area contributed by atoms with Crippen molar-refractivity contribution >= 4 is 21.6 Å². The van der Waals surface area contributed by atoms with Crippen molar-refractivity contribution in [1.82, 2.24) is 25.5 Å². The molecule has 5 rings (SSSR count). The number of hydrogen-bond donors (Lipinski definition) is 3. The summed E-state index contributed by atoms with van der Waals surface area (Å²) in [5, 5.41) is 10.5. The Hall–Kier alpha value is -2.77. The third-order valence-corrected chi connectivity index (χ3v) is 6.38. The molecule has 1 aromatic carbocycles. The van der Waals surface area contributed by atoms with Crippen molar-refractivity contribution in [2.45, 2.75) is 25.3 Å². The van der Waals surface area contributed by atoms with E-state index in [2.05, 4.69) is 44.8 Å². The molecule has 3 N–H and O–H groups in total. The zero-order valence-corrected chi connectivity index (χ0v) is 15.6. The van der Waals surface area contributed by atoms with Crippen molar-refractivity contribution < 1.29 is 0 Å². The molecular weight excluding hydrogens is 358 g/mol. The normalized spacial score (nSPS) is 19.7. The Kier molecular flexibility index (Phi) is 3.91. The van der Waals surface area contributed by atoms with Crippen LogP contribution in [0, 0.1) is 6.92 Å². The van der Waals surface area contributed by atoms with Gasteiger partial charge in [-0.3, -0.25) is 9.89 Å². The molecule has 1 saturated heterocycles. The number of fused-ring (bicyclic) bond motifs is 1. The Morgan fingerprint density at radius 1 is 1.22 bits per heavy atom. The average molecular weight is 377 g/mol. The number of nitrogens with one attached hydrogen (secondary N) is 3. The highest BCUT2D eigenvalue weighted by atomic mass is 32.1. The summed E-state index contributed by atoms with van der Waals surface area (Å²) in [5.74, 6) is 1.16. The van der Waals surface area contributed by atoms with Crippen molar-refractivity contribution in [3.05, 3.63) is 70.0 Å². The highest BCUT2D eigenvalue weighted by Gasteiger charge is 2.28. The molecule has 1 fully saturated rings. The van der Waals surface area contributed by atoms with Gasteiger partial charge >= 0.3 is 0 Å². The lowest BCUT2D eigenvalue weighted by Crippen LogP contribution is -2.20. The summed E-state index contributed by atoms with van der Waals surface area (Å²) in [4.78, 5) is 21.4. The first-order valence-corrected chi connectivity index (χ1v) is 9.83. The highest BCUT2D eigenvalue weighted by Crippen LogP contribution is 2.35. The Morgan fingerprint density at radius 2 is 2.07 bits per heavy atom. The first-order chi connectivity index (χ1) is 13.2. The molecule has 0 amide bonds. The van der Waals surface area contributed by atoms with Crippen molar-refractivity contribution in [2.24, 2.45) is 0 Å². The Bertz CT molecular complexity index is 1160. The third-order valence-electron chi connectivity index (χ3n) is 5.23. The van der Waals surface area contributed by atoms with Crippen LogP contribution in [0.1, 0.15) is 35.5 Å². The molecule has 7 heteroatoms. The summed E-state index contributed by atoms with van der Waals surface area (Å²) in [6.07, 6.45) is 2.72. The van der Waals surface area contributed by atoms with Crippen LogP contribution in [0.4, 0.5) is 0 Å². The van der Waals surface area contributed by atoms with Crippen LogP contribution in [0.3, 0.4) is 0 Å². The molecule has 136 valence electrons. The number of H-pyrrole nitrogens is 2. The van der Waals surface area contributed by atoms with E-state index < -0.39 is 0 Å². The largest absolute Gasteiger partial charge is 0.308 e. The molecule has 0 spiro atoms. The standard InChI is InChI=1S/C20H19N5OS/c1-11-14(10-22-25-11)17-8-15-18(27-17)20(26)24-19(23-15)16-7-13(9-21-16)12-5-3-2-4-6-12/h2-6,8,10,13,16,21H,7,9H2,1H3,(H,22,25)(H,23,24,26)/t13-,16+/m1/s1. The van der Waals surface area contributed by atoms with E-state index in [0.717, 1.165) is 40.4 Å². The van der Waals surface area contributed by atoms with Gasteiger partial charge in [0.25, 0.3) is 5.56 Å². The fourth-order valence-electron chi connectivity index (χ4n) is 3.78. The monoisotopic (exact) mass is 377 g/mol. The van der Waals surface area contributed by atoms with Crippen LogP contribution in [0.2, 0.25) is 0 Å². The lowest BCUT2D eigenvalue weighted by Gasteiger charge is -2.10. The molecular formula is C20H19N5OS. The number of aromatic nitrogens is 4. The molecule has 6 nitrogen and oxygen atoms in total. The first-order valence-electron chi connectivity index (χ1n) is 9.01. The van der Waals surface area contributed by atoms with Gasteiger partial charge in [-0.25, -0.2) is 4.98 Å². The maximum absolute atomic E-state index is 12.6. The topological polar surface area (TPSA) is 86.5 Å². The maximum atomic E-state index is 12.6. The Balaban J connectivity index is 1.48. The van der Waals surface area contributed by atoms with Gasteiger partial charge in [0.05, 0.1) is 17.8 Å². The predicted octanol–water partition coefficient (Wildman–Crippen LogP) is 3.50. The number of hydrogen-bond acceptors (Lipinski definition) is 5. The fourth-order valence-corrected chi connectivity index (χ4v) is 4.84. The number of aromatic amines is 2. The van der Waals surface area contributed by atoms with Crippen LogP contribution in [0.5, 0.6) is 0 Å². The number of thiophene rings is 1. The smallest absolute Gasteiger partial charge is 0.268 e. The molecule has 4 heterocycles. The second kappa shape index (κ2) is 6.44. The third kappa shape index (κ3) is 2.89. The van der Waals surface area contributed by atoms with Crippen molar-refractivity contribution in [1.29, 1.82) is 0 Å². The van der Waals surface area contributed by atoms with Crippen LogP contribution in [0.15, 0.2) is 47.4 Å².